The zero-order chi connectivity index (χ0) is 17.4. The molecule has 2 aliphatic heterocycles. The fraction of sp³-hybridized carbons (Fsp3) is 0.400. The summed E-state index contributed by atoms with van der Waals surface area (Å²) in [5.41, 5.74) is 3.71. The molecule has 1 aromatic carbocycles. The Hall–Kier alpha value is -2.24. The van der Waals surface area contributed by atoms with Crippen molar-refractivity contribution >= 4 is 5.91 Å². The minimum atomic E-state index is -0.175. The van der Waals surface area contributed by atoms with Gasteiger partial charge in [0.05, 0.1) is 30.4 Å². The first-order chi connectivity index (χ1) is 12.2. The van der Waals surface area contributed by atoms with E-state index in [0.717, 1.165) is 17.5 Å². The Bertz CT molecular complexity index is 775. The first kappa shape index (κ1) is 16.2. The highest BCUT2D eigenvalue weighted by Gasteiger charge is 2.46. The average Bonchev–Trinajstić information content (AvgIpc) is 3.22. The number of rotatable bonds is 3. The first-order valence-corrected chi connectivity index (χ1v) is 8.74. The summed E-state index contributed by atoms with van der Waals surface area (Å²) in [6.07, 6.45) is 4.97. The van der Waals surface area contributed by atoms with E-state index in [1.54, 1.807) is 12.4 Å². The number of pyridine rings is 1. The van der Waals surface area contributed by atoms with E-state index >= 15 is 0 Å². The van der Waals surface area contributed by atoms with Crippen molar-refractivity contribution in [2.24, 2.45) is 0 Å². The largest absolute Gasteiger partial charge is 0.394 e. The Morgan fingerprint density at radius 1 is 1.28 bits per heavy atom. The van der Waals surface area contributed by atoms with Crippen LogP contribution < -0.4 is 0 Å². The van der Waals surface area contributed by atoms with E-state index < -0.39 is 0 Å². The predicted molar refractivity (Wildman–Crippen MR) is 94.2 cm³/mol. The van der Waals surface area contributed by atoms with Gasteiger partial charge in [-0.2, -0.15) is 0 Å². The fourth-order valence-electron chi connectivity index (χ4n) is 3.92. The summed E-state index contributed by atoms with van der Waals surface area (Å²) in [6, 6.07) is 9.94. The molecule has 0 spiro atoms. The maximum absolute atomic E-state index is 13.1. The highest BCUT2D eigenvalue weighted by atomic mass is 16.5. The van der Waals surface area contributed by atoms with Crippen LogP contribution in [-0.2, 0) is 4.74 Å². The number of aliphatic hydroxyl groups excluding tert-OH is 1. The van der Waals surface area contributed by atoms with Crippen molar-refractivity contribution < 1.29 is 14.6 Å². The standard InChI is InChI=1S/C20H22N2O3/c1-13-2-4-14(5-3-13)15-8-16(11-21-10-15)20(24)22-17(12-23)9-19-18(22)6-7-25-19/h2-5,8,10-11,17-19,23H,6-7,9,12H2,1H3/t17-,18-,19-/m1/s1. The Labute approximate surface area is 147 Å². The molecule has 2 fully saturated rings. The number of aromatic nitrogens is 1. The van der Waals surface area contributed by atoms with Gasteiger partial charge in [-0.3, -0.25) is 9.78 Å². The van der Waals surface area contributed by atoms with Gasteiger partial charge in [0.2, 0.25) is 0 Å². The number of ether oxygens (including phenoxy) is 1. The van der Waals surface area contributed by atoms with Crippen LogP contribution in [0.5, 0.6) is 0 Å². The number of hydrogen-bond donors (Lipinski definition) is 1. The number of hydrogen-bond acceptors (Lipinski definition) is 4. The third-order valence-electron chi connectivity index (χ3n) is 5.25. The van der Waals surface area contributed by atoms with Gasteiger partial charge in [-0.1, -0.05) is 29.8 Å². The van der Waals surface area contributed by atoms with E-state index in [1.165, 1.54) is 5.56 Å². The number of benzene rings is 1. The first-order valence-electron chi connectivity index (χ1n) is 8.74. The van der Waals surface area contributed by atoms with Crippen LogP contribution in [0.15, 0.2) is 42.7 Å². The lowest BCUT2D eigenvalue weighted by Crippen LogP contribution is -2.43. The van der Waals surface area contributed by atoms with E-state index in [-0.39, 0.29) is 30.7 Å². The predicted octanol–water partition coefficient (Wildman–Crippen LogP) is 2.42. The molecule has 5 heteroatoms. The van der Waals surface area contributed by atoms with E-state index in [0.29, 0.717) is 18.6 Å². The number of aliphatic hydroxyl groups is 1. The second kappa shape index (κ2) is 6.58. The van der Waals surface area contributed by atoms with Gasteiger partial charge in [-0.05, 0) is 31.4 Å². The lowest BCUT2D eigenvalue weighted by atomic mass is 10.0. The van der Waals surface area contributed by atoms with Crippen LogP contribution in [0.3, 0.4) is 0 Å². The summed E-state index contributed by atoms with van der Waals surface area (Å²) in [7, 11) is 0. The molecular weight excluding hydrogens is 316 g/mol. The molecule has 1 aromatic heterocycles. The lowest BCUT2D eigenvalue weighted by Gasteiger charge is -2.28. The van der Waals surface area contributed by atoms with Crippen molar-refractivity contribution in [2.75, 3.05) is 13.2 Å². The fourth-order valence-corrected chi connectivity index (χ4v) is 3.92. The van der Waals surface area contributed by atoms with E-state index in [1.807, 2.05) is 42.2 Å². The van der Waals surface area contributed by atoms with Gasteiger partial charge in [-0.25, -0.2) is 0 Å². The molecule has 25 heavy (non-hydrogen) atoms. The lowest BCUT2D eigenvalue weighted by molar-refractivity contribution is 0.0591. The number of carbonyl (C=O) groups excluding carboxylic acids is 1. The molecule has 0 aliphatic carbocycles. The van der Waals surface area contributed by atoms with Crippen LogP contribution in [0.4, 0.5) is 0 Å². The maximum atomic E-state index is 13.1. The molecule has 4 rings (SSSR count). The van der Waals surface area contributed by atoms with Gasteiger partial charge in [-0.15, -0.1) is 0 Å². The number of nitrogens with zero attached hydrogens (tertiary/aromatic N) is 2. The summed E-state index contributed by atoms with van der Waals surface area (Å²) < 4.78 is 5.71. The van der Waals surface area contributed by atoms with Gasteiger partial charge in [0.25, 0.3) is 5.91 Å². The molecule has 130 valence electrons. The smallest absolute Gasteiger partial charge is 0.256 e. The normalized spacial score (nSPS) is 25.2. The molecule has 2 aliphatic rings. The monoisotopic (exact) mass is 338 g/mol. The highest BCUT2D eigenvalue weighted by molar-refractivity contribution is 5.95. The van der Waals surface area contributed by atoms with Crippen molar-refractivity contribution in [2.45, 2.75) is 38.0 Å². The Kier molecular flexibility index (Phi) is 4.27. The van der Waals surface area contributed by atoms with Crippen LogP contribution in [0, 0.1) is 6.92 Å². The number of amides is 1. The molecule has 0 radical (unpaired) electrons. The van der Waals surface area contributed by atoms with Gasteiger partial charge in [0.1, 0.15) is 0 Å². The second-order valence-electron chi connectivity index (χ2n) is 6.88. The third-order valence-corrected chi connectivity index (χ3v) is 5.25. The van der Waals surface area contributed by atoms with Gasteiger partial charge in [0.15, 0.2) is 0 Å². The minimum Gasteiger partial charge on any atom is -0.394 e. The van der Waals surface area contributed by atoms with Crippen molar-refractivity contribution in [3.8, 4) is 11.1 Å². The Morgan fingerprint density at radius 3 is 2.84 bits per heavy atom. The summed E-state index contributed by atoms with van der Waals surface area (Å²) in [5, 5.41) is 9.68. The summed E-state index contributed by atoms with van der Waals surface area (Å²) in [5.74, 6) is -0.0708. The SMILES string of the molecule is Cc1ccc(-c2cncc(C(=O)N3[C@@H](CO)C[C@H]4OCC[C@H]43)c2)cc1. The van der Waals surface area contributed by atoms with Crippen LogP contribution >= 0.6 is 0 Å². The zero-order valence-electron chi connectivity index (χ0n) is 14.3. The van der Waals surface area contributed by atoms with Gasteiger partial charge >= 0.3 is 0 Å². The molecule has 5 nitrogen and oxygen atoms in total. The van der Waals surface area contributed by atoms with Crippen molar-refractivity contribution in [3.05, 3.63) is 53.9 Å². The zero-order valence-corrected chi connectivity index (χ0v) is 14.3. The summed E-state index contributed by atoms with van der Waals surface area (Å²) in [6.45, 7) is 2.69. The highest BCUT2D eigenvalue weighted by Crippen LogP contribution is 2.34. The molecule has 1 N–H and O–H groups in total. The Balaban J connectivity index is 1.64. The molecule has 2 aromatic rings. The average molecular weight is 338 g/mol. The molecule has 0 unspecified atom stereocenters. The molecule has 3 heterocycles. The minimum absolute atomic E-state index is 0.0345. The summed E-state index contributed by atoms with van der Waals surface area (Å²) in [4.78, 5) is 19.2. The van der Waals surface area contributed by atoms with Crippen LogP contribution in [0.1, 0.15) is 28.8 Å². The van der Waals surface area contributed by atoms with E-state index in [4.69, 9.17) is 4.74 Å². The maximum Gasteiger partial charge on any atom is 0.256 e. The van der Waals surface area contributed by atoms with Crippen molar-refractivity contribution in [1.82, 2.24) is 9.88 Å². The molecule has 1 amide bonds. The molecule has 3 atom stereocenters. The molecular formula is C20H22N2O3. The topological polar surface area (TPSA) is 62.7 Å². The van der Waals surface area contributed by atoms with E-state index in [9.17, 15) is 9.90 Å². The van der Waals surface area contributed by atoms with E-state index in [2.05, 4.69) is 4.98 Å². The van der Waals surface area contributed by atoms with Crippen LogP contribution in [-0.4, -0.2) is 52.3 Å². The Morgan fingerprint density at radius 2 is 2.08 bits per heavy atom. The number of likely N-dealkylation sites (tertiary alicyclic amines) is 1. The second-order valence-corrected chi connectivity index (χ2v) is 6.88. The van der Waals surface area contributed by atoms with Crippen LogP contribution in [0.25, 0.3) is 11.1 Å². The number of fused-ring (bicyclic) bond motifs is 1. The molecule has 2 saturated heterocycles. The van der Waals surface area contributed by atoms with Crippen molar-refractivity contribution in [1.29, 1.82) is 0 Å². The van der Waals surface area contributed by atoms with Crippen LogP contribution in [0.2, 0.25) is 0 Å². The van der Waals surface area contributed by atoms with Gasteiger partial charge < -0.3 is 14.7 Å². The third kappa shape index (κ3) is 2.94. The van der Waals surface area contributed by atoms with Gasteiger partial charge in [0, 0.05) is 24.6 Å². The quantitative estimate of drug-likeness (QED) is 0.934. The number of carbonyl (C=O) groups is 1. The molecule has 0 saturated carbocycles. The van der Waals surface area contributed by atoms with Crippen molar-refractivity contribution in [3.63, 3.8) is 0 Å². The number of aryl methyl sites for hydroxylation is 1. The molecule has 0 bridgehead atoms. The summed E-state index contributed by atoms with van der Waals surface area (Å²) >= 11 is 0.